The quantitative estimate of drug-likeness (QED) is 0.0892. The van der Waals surface area contributed by atoms with E-state index in [2.05, 4.69) is 6.07 Å². The first-order valence-electron chi connectivity index (χ1n) is 12.9. The molecular weight excluding hydrogens is 494 g/mol. The van der Waals surface area contributed by atoms with E-state index < -0.39 is 11.9 Å². The number of hydrogen-bond acceptors (Lipinski definition) is 8. The van der Waals surface area contributed by atoms with Crippen LogP contribution in [0.3, 0.4) is 0 Å². The lowest BCUT2D eigenvalue weighted by Crippen LogP contribution is -2.08. The van der Waals surface area contributed by atoms with Crippen LogP contribution in [-0.2, 0) is 16.0 Å². The van der Waals surface area contributed by atoms with Crippen molar-refractivity contribution in [3.63, 3.8) is 0 Å². The SMILES string of the molecule is N#CCCCOc1ccc(C(=O)Oc2ccc(C=CC(=O)OCCCCCc3ccc(N)cc3N)cc2)cc1. The summed E-state index contributed by atoms with van der Waals surface area (Å²) in [5.41, 5.74) is 15.3. The van der Waals surface area contributed by atoms with Crippen molar-refractivity contribution in [2.45, 2.75) is 38.5 Å². The Morgan fingerprint density at radius 2 is 1.59 bits per heavy atom. The molecule has 0 heterocycles. The Kier molecular flexibility index (Phi) is 11.4. The zero-order chi connectivity index (χ0) is 27.9. The lowest BCUT2D eigenvalue weighted by Gasteiger charge is -2.07. The lowest BCUT2D eigenvalue weighted by molar-refractivity contribution is -0.137. The predicted octanol–water partition coefficient (Wildman–Crippen LogP) is 5.72. The van der Waals surface area contributed by atoms with E-state index in [1.807, 2.05) is 12.1 Å². The Labute approximate surface area is 228 Å². The molecule has 3 rings (SSSR count). The molecule has 3 aromatic rings. The zero-order valence-electron chi connectivity index (χ0n) is 21.8. The third kappa shape index (κ3) is 10.3. The number of hydrogen-bond donors (Lipinski definition) is 2. The molecule has 3 aromatic carbocycles. The van der Waals surface area contributed by atoms with Gasteiger partial charge < -0.3 is 25.7 Å². The van der Waals surface area contributed by atoms with Crippen LogP contribution in [-0.4, -0.2) is 25.2 Å². The Morgan fingerprint density at radius 3 is 2.31 bits per heavy atom. The first kappa shape index (κ1) is 28.8. The molecule has 0 saturated carbocycles. The van der Waals surface area contributed by atoms with E-state index >= 15 is 0 Å². The Bertz CT molecular complexity index is 1300. The summed E-state index contributed by atoms with van der Waals surface area (Å²) >= 11 is 0. The number of carbonyl (C=O) groups excluding carboxylic acids is 2. The molecule has 0 aliphatic heterocycles. The number of benzene rings is 3. The fourth-order valence-electron chi connectivity index (χ4n) is 3.66. The van der Waals surface area contributed by atoms with Crippen LogP contribution in [0.1, 0.15) is 53.6 Å². The predicted molar refractivity (Wildman–Crippen MR) is 151 cm³/mol. The number of nitrogens with two attached hydrogens (primary N) is 2. The Morgan fingerprint density at radius 1 is 0.846 bits per heavy atom. The summed E-state index contributed by atoms with van der Waals surface area (Å²) in [5, 5.41) is 8.55. The van der Waals surface area contributed by atoms with Crippen molar-refractivity contribution >= 4 is 29.4 Å². The standard InChI is InChI=1S/C31H33N3O5/c32-19-3-5-20-37-27-16-11-25(12-17-27)31(36)39-28-14-7-23(8-15-28)9-18-30(35)38-21-4-1-2-6-24-10-13-26(33)22-29(24)34/h7-18,22H,1-6,20-21,33-34H2. The average molecular weight is 528 g/mol. The van der Waals surface area contributed by atoms with E-state index in [9.17, 15) is 9.59 Å². The zero-order valence-corrected chi connectivity index (χ0v) is 21.8. The highest BCUT2D eigenvalue weighted by Crippen LogP contribution is 2.19. The van der Waals surface area contributed by atoms with Gasteiger partial charge in [0.15, 0.2) is 0 Å². The van der Waals surface area contributed by atoms with Crippen LogP contribution >= 0.6 is 0 Å². The molecule has 0 radical (unpaired) electrons. The monoisotopic (exact) mass is 527 g/mol. The maximum atomic E-state index is 12.4. The fraction of sp³-hybridized carbons (Fsp3) is 0.258. The van der Waals surface area contributed by atoms with Gasteiger partial charge in [-0.05, 0) is 97.8 Å². The maximum Gasteiger partial charge on any atom is 0.343 e. The van der Waals surface area contributed by atoms with Crippen LogP contribution in [0.4, 0.5) is 11.4 Å². The van der Waals surface area contributed by atoms with Gasteiger partial charge in [-0.25, -0.2) is 9.59 Å². The second-order valence-corrected chi connectivity index (χ2v) is 8.86. The van der Waals surface area contributed by atoms with Crippen LogP contribution in [0.5, 0.6) is 11.5 Å². The molecule has 0 amide bonds. The third-order valence-corrected chi connectivity index (χ3v) is 5.80. The molecule has 39 heavy (non-hydrogen) atoms. The van der Waals surface area contributed by atoms with Gasteiger partial charge in [-0.15, -0.1) is 0 Å². The van der Waals surface area contributed by atoms with Gasteiger partial charge in [-0.2, -0.15) is 5.26 Å². The minimum absolute atomic E-state index is 0.351. The average Bonchev–Trinajstić information content (AvgIpc) is 2.94. The number of aryl methyl sites for hydroxylation is 1. The summed E-state index contributed by atoms with van der Waals surface area (Å²) in [6.45, 7) is 0.793. The first-order valence-corrected chi connectivity index (χ1v) is 12.9. The molecule has 0 aliphatic carbocycles. The number of nitrogens with zero attached hydrogens (tertiary/aromatic N) is 1. The van der Waals surface area contributed by atoms with Crippen molar-refractivity contribution in [1.29, 1.82) is 5.26 Å². The van der Waals surface area contributed by atoms with Crippen LogP contribution in [0.15, 0.2) is 72.8 Å². The van der Waals surface area contributed by atoms with Gasteiger partial charge in [0.2, 0.25) is 0 Å². The van der Waals surface area contributed by atoms with Crippen molar-refractivity contribution in [2.24, 2.45) is 0 Å². The number of ether oxygens (including phenoxy) is 3. The smallest absolute Gasteiger partial charge is 0.343 e. The topological polar surface area (TPSA) is 138 Å². The van der Waals surface area contributed by atoms with Crippen molar-refractivity contribution in [2.75, 3.05) is 24.7 Å². The van der Waals surface area contributed by atoms with Crippen LogP contribution in [0.2, 0.25) is 0 Å². The molecular formula is C31H33N3O5. The summed E-state index contributed by atoms with van der Waals surface area (Å²) < 4.78 is 16.2. The number of anilines is 2. The Hall–Kier alpha value is -4.77. The van der Waals surface area contributed by atoms with Crippen molar-refractivity contribution in [1.82, 2.24) is 0 Å². The summed E-state index contributed by atoms with van der Waals surface area (Å²) in [4.78, 5) is 24.4. The number of nitriles is 1. The molecule has 4 N–H and O–H groups in total. The highest BCUT2D eigenvalue weighted by atomic mass is 16.5. The first-order chi connectivity index (χ1) is 18.9. The molecule has 0 aromatic heterocycles. The highest BCUT2D eigenvalue weighted by Gasteiger charge is 2.09. The van der Waals surface area contributed by atoms with Gasteiger partial charge in [-0.1, -0.05) is 18.2 Å². The number of unbranched alkanes of at least 4 members (excludes halogenated alkanes) is 3. The van der Waals surface area contributed by atoms with E-state index in [-0.39, 0.29) is 0 Å². The van der Waals surface area contributed by atoms with Gasteiger partial charge in [0.1, 0.15) is 11.5 Å². The van der Waals surface area contributed by atoms with Crippen molar-refractivity contribution < 1.29 is 23.8 Å². The van der Waals surface area contributed by atoms with E-state index in [1.54, 1.807) is 60.7 Å². The van der Waals surface area contributed by atoms with Gasteiger partial charge in [0, 0.05) is 23.9 Å². The van der Waals surface area contributed by atoms with E-state index in [0.29, 0.717) is 54.5 Å². The number of carbonyl (C=O) groups is 2. The third-order valence-electron chi connectivity index (χ3n) is 5.80. The highest BCUT2D eigenvalue weighted by molar-refractivity contribution is 5.91. The van der Waals surface area contributed by atoms with Crippen LogP contribution < -0.4 is 20.9 Å². The molecule has 0 spiro atoms. The van der Waals surface area contributed by atoms with E-state index in [0.717, 1.165) is 36.8 Å². The van der Waals surface area contributed by atoms with E-state index in [1.165, 1.54) is 6.08 Å². The minimum atomic E-state index is -0.491. The normalized spacial score (nSPS) is 10.6. The molecule has 0 aliphatic rings. The molecule has 0 saturated heterocycles. The largest absolute Gasteiger partial charge is 0.494 e. The molecule has 8 heteroatoms. The second-order valence-electron chi connectivity index (χ2n) is 8.86. The lowest BCUT2D eigenvalue weighted by atomic mass is 10.0. The second kappa shape index (κ2) is 15.5. The van der Waals surface area contributed by atoms with Crippen molar-refractivity contribution in [3.8, 4) is 17.6 Å². The summed E-state index contributed by atoms with van der Waals surface area (Å²) in [7, 11) is 0. The fourth-order valence-corrected chi connectivity index (χ4v) is 3.66. The van der Waals surface area contributed by atoms with Gasteiger partial charge in [0.25, 0.3) is 0 Å². The van der Waals surface area contributed by atoms with Gasteiger partial charge in [-0.3, -0.25) is 0 Å². The minimum Gasteiger partial charge on any atom is -0.494 e. The molecule has 0 unspecified atom stereocenters. The summed E-state index contributed by atoms with van der Waals surface area (Å²) in [5.74, 6) is 0.108. The van der Waals surface area contributed by atoms with Crippen LogP contribution in [0.25, 0.3) is 6.08 Å². The molecule has 0 bridgehead atoms. The Balaban J connectivity index is 1.34. The molecule has 0 atom stereocenters. The van der Waals surface area contributed by atoms with E-state index in [4.69, 9.17) is 30.9 Å². The molecule has 0 fully saturated rings. The molecule has 202 valence electrons. The summed E-state index contributed by atoms with van der Waals surface area (Å²) in [6, 6.07) is 21.1. The number of rotatable bonds is 14. The molecule has 8 nitrogen and oxygen atoms in total. The number of esters is 2. The van der Waals surface area contributed by atoms with Crippen LogP contribution in [0, 0.1) is 11.3 Å². The van der Waals surface area contributed by atoms with Gasteiger partial charge in [0.05, 0.1) is 24.8 Å². The maximum absolute atomic E-state index is 12.4. The van der Waals surface area contributed by atoms with Crippen molar-refractivity contribution in [3.05, 3.63) is 89.5 Å². The summed E-state index contributed by atoms with van der Waals surface area (Å²) in [6.07, 6.45) is 7.60. The number of nitrogen functional groups attached to an aromatic ring is 2. The van der Waals surface area contributed by atoms with Gasteiger partial charge >= 0.3 is 11.9 Å².